The monoisotopic (exact) mass is 343 g/mol. The number of furan rings is 1. The summed E-state index contributed by atoms with van der Waals surface area (Å²) in [5.74, 6) is 0.865. The maximum Gasteiger partial charge on any atom is 0.316 e. The Morgan fingerprint density at radius 2 is 2.04 bits per heavy atom. The summed E-state index contributed by atoms with van der Waals surface area (Å²) < 4.78 is 6.01. The molecule has 1 aliphatic heterocycles. The minimum absolute atomic E-state index is 0.0452. The third kappa shape index (κ3) is 3.34. The smallest absolute Gasteiger partial charge is 0.316 e. The number of rotatable bonds is 4. The fourth-order valence-corrected chi connectivity index (χ4v) is 3.32. The number of hydrogen-bond donors (Lipinski definition) is 2. The first-order valence-electron chi connectivity index (χ1n) is 8.68. The molecule has 3 amide bonds. The van der Waals surface area contributed by atoms with Crippen LogP contribution in [0.1, 0.15) is 37.6 Å². The van der Waals surface area contributed by atoms with E-state index in [4.69, 9.17) is 4.42 Å². The molecule has 1 saturated heterocycles. The highest BCUT2D eigenvalue weighted by Crippen LogP contribution is 2.32. The lowest BCUT2D eigenvalue weighted by Crippen LogP contribution is -2.47. The second-order valence-corrected chi connectivity index (χ2v) is 7.03. The van der Waals surface area contributed by atoms with E-state index in [0.717, 1.165) is 22.3 Å². The van der Waals surface area contributed by atoms with Gasteiger partial charge in [-0.25, -0.2) is 4.79 Å². The first-order chi connectivity index (χ1) is 11.9. The lowest BCUT2D eigenvalue weighted by Gasteiger charge is -2.22. The topological polar surface area (TPSA) is 74.6 Å². The zero-order valence-corrected chi connectivity index (χ0v) is 15.1. The van der Waals surface area contributed by atoms with Gasteiger partial charge in [0.15, 0.2) is 0 Å². The standard InChI is InChI=1S/C19H25N3O3/c1-11(2)16(17-12(3)13-7-5-6-8-15(13)25-17)21-19(24)20-14-9-10-22(4)18(14)23/h5-8,11,14,16H,9-10H2,1-4H3,(H2,20,21,24). The molecule has 2 aromatic rings. The number of urea groups is 1. The van der Waals surface area contributed by atoms with Crippen LogP contribution in [0.5, 0.6) is 0 Å². The summed E-state index contributed by atoms with van der Waals surface area (Å²) >= 11 is 0. The predicted molar refractivity (Wildman–Crippen MR) is 96.2 cm³/mol. The molecule has 134 valence electrons. The highest BCUT2D eigenvalue weighted by atomic mass is 16.3. The molecule has 0 bridgehead atoms. The van der Waals surface area contributed by atoms with Crippen LogP contribution in [0.4, 0.5) is 4.79 Å². The van der Waals surface area contributed by atoms with Crippen LogP contribution in [0.25, 0.3) is 11.0 Å². The summed E-state index contributed by atoms with van der Waals surface area (Å²) in [4.78, 5) is 26.0. The van der Waals surface area contributed by atoms with E-state index in [0.29, 0.717) is 13.0 Å². The predicted octanol–water partition coefficient (Wildman–Crippen LogP) is 2.97. The van der Waals surface area contributed by atoms with Crippen LogP contribution < -0.4 is 10.6 Å². The molecule has 0 saturated carbocycles. The Balaban J connectivity index is 1.78. The van der Waals surface area contributed by atoms with Gasteiger partial charge in [-0.05, 0) is 25.3 Å². The Hall–Kier alpha value is -2.50. The fourth-order valence-electron chi connectivity index (χ4n) is 3.32. The van der Waals surface area contributed by atoms with Crippen LogP contribution in [0.3, 0.4) is 0 Å². The van der Waals surface area contributed by atoms with Gasteiger partial charge in [0.1, 0.15) is 17.4 Å². The van der Waals surface area contributed by atoms with Gasteiger partial charge in [-0.15, -0.1) is 0 Å². The van der Waals surface area contributed by atoms with Gasteiger partial charge in [0, 0.05) is 24.5 Å². The molecule has 0 aliphatic carbocycles. The van der Waals surface area contributed by atoms with Gasteiger partial charge in [-0.2, -0.15) is 0 Å². The average Bonchev–Trinajstić information content (AvgIpc) is 3.07. The van der Waals surface area contributed by atoms with Crippen molar-refractivity contribution in [3.8, 4) is 0 Å². The highest BCUT2D eigenvalue weighted by Gasteiger charge is 2.32. The number of para-hydroxylation sites is 1. The van der Waals surface area contributed by atoms with Crippen molar-refractivity contribution >= 4 is 22.9 Å². The van der Waals surface area contributed by atoms with Crippen LogP contribution in [0, 0.1) is 12.8 Å². The van der Waals surface area contributed by atoms with Gasteiger partial charge in [-0.3, -0.25) is 4.79 Å². The van der Waals surface area contributed by atoms with Crippen molar-refractivity contribution in [1.29, 1.82) is 0 Å². The van der Waals surface area contributed by atoms with E-state index in [1.807, 2.05) is 45.0 Å². The molecule has 25 heavy (non-hydrogen) atoms. The number of nitrogens with zero attached hydrogens (tertiary/aromatic N) is 1. The number of aryl methyl sites for hydroxylation is 1. The van der Waals surface area contributed by atoms with Crippen LogP contribution in [-0.2, 0) is 4.79 Å². The van der Waals surface area contributed by atoms with Crippen molar-refractivity contribution in [2.45, 2.75) is 39.3 Å². The summed E-state index contributed by atoms with van der Waals surface area (Å²) in [5.41, 5.74) is 1.85. The molecule has 1 aromatic heterocycles. The van der Waals surface area contributed by atoms with Crippen LogP contribution in [0.15, 0.2) is 28.7 Å². The Kier molecular flexibility index (Phi) is 4.70. The SMILES string of the molecule is Cc1c(C(NC(=O)NC2CCN(C)C2=O)C(C)C)oc2ccccc12. The number of carbonyl (C=O) groups excluding carboxylic acids is 2. The quantitative estimate of drug-likeness (QED) is 0.896. The van der Waals surface area contributed by atoms with Crippen molar-refractivity contribution in [2.24, 2.45) is 5.92 Å². The third-order valence-electron chi connectivity index (χ3n) is 4.85. The van der Waals surface area contributed by atoms with E-state index in [1.165, 1.54) is 0 Å². The number of likely N-dealkylation sites (N-methyl/N-ethyl adjacent to an activating group) is 1. The lowest BCUT2D eigenvalue weighted by molar-refractivity contribution is -0.128. The van der Waals surface area contributed by atoms with Crippen molar-refractivity contribution in [1.82, 2.24) is 15.5 Å². The van der Waals surface area contributed by atoms with E-state index in [-0.39, 0.29) is 23.9 Å². The highest BCUT2D eigenvalue weighted by molar-refractivity contribution is 5.88. The van der Waals surface area contributed by atoms with Crippen molar-refractivity contribution in [3.63, 3.8) is 0 Å². The maximum atomic E-state index is 12.4. The molecule has 2 unspecified atom stereocenters. The number of carbonyl (C=O) groups is 2. The van der Waals surface area contributed by atoms with E-state index in [9.17, 15) is 9.59 Å². The number of benzene rings is 1. The van der Waals surface area contributed by atoms with Crippen LogP contribution in [-0.4, -0.2) is 36.5 Å². The normalized spacial score (nSPS) is 18.8. The second-order valence-electron chi connectivity index (χ2n) is 7.03. The van der Waals surface area contributed by atoms with Crippen LogP contribution in [0.2, 0.25) is 0 Å². The summed E-state index contributed by atoms with van der Waals surface area (Å²) in [6, 6.07) is 6.80. The molecule has 6 heteroatoms. The minimum atomic E-state index is -0.449. The number of likely N-dealkylation sites (tertiary alicyclic amines) is 1. The molecule has 2 heterocycles. The van der Waals surface area contributed by atoms with E-state index < -0.39 is 6.04 Å². The van der Waals surface area contributed by atoms with Gasteiger partial charge in [0.05, 0.1) is 6.04 Å². The van der Waals surface area contributed by atoms with E-state index >= 15 is 0 Å². The average molecular weight is 343 g/mol. The van der Waals surface area contributed by atoms with Gasteiger partial charge in [-0.1, -0.05) is 32.0 Å². The lowest BCUT2D eigenvalue weighted by atomic mass is 9.98. The van der Waals surface area contributed by atoms with E-state index in [1.54, 1.807) is 11.9 Å². The summed E-state index contributed by atoms with van der Waals surface area (Å²) in [6.45, 7) is 6.74. The molecule has 6 nitrogen and oxygen atoms in total. The first-order valence-corrected chi connectivity index (χ1v) is 8.68. The molecule has 3 rings (SSSR count). The minimum Gasteiger partial charge on any atom is -0.459 e. The molecule has 0 spiro atoms. The molecule has 1 fully saturated rings. The molecule has 2 atom stereocenters. The van der Waals surface area contributed by atoms with Gasteiger partial charge in [0.2, 0.25) is 5.91 Å². The molecule has 1 aliphatic rings. The molecule has 2 N–H and O–H groups in total. The number of fused-ring (bicyclic) bond motifs is 1. The molecule has 0 radical (unpaired) electrons. The van der Waals surface area contributed by atoms with Gasteiger partial charge < -0.3 is 20.0 Å². The van der Waals surface area contributed by atoms with E-state index in [2.05, 4.69) is 10.6 Å². The Bertz CT molecular complexity index is 796. The Labute approximate surface area is 147 Å². The largest absolute Gasteiger partial charge is 0.459 e. The summed E-state index contributed by atoms with van der Waals surface area (Å²) in [6.07, 6.45) is 0.638. The number of amides is 3. The molecular formula is C19H25N3O3. The molecular weight excluding hydrogens is 318 g/mol. The Morgan fingerprint density at radius 3 is 2.64 bits per heavy atom. The zero-order valence-electron chi connectivity index (χ0n) is 15.1. The first kappa shape index (κ1) is 17.3. The van der Waals surface area contributed by atoms with Gasteiger partial charge in [0.25, 0.3) is 0 Å². The maximum absolute atomic E-state index is 12.4. The Morgan fingerprint density at radius 1 is 1.32 bits per heavy atom. The summed E-state index contributed by atoms with van der Waals surface area (Å²) in [5, 5.41) is 6.82. The second kappa shape index (κ2) is 6.78. The van der Waals surface area contributed by atoms with Gasteiger partial charge >= 0.3 is 6.03 Å². The fraction of sp³-hybridized carbons (Fsp3) is 0.474. The zero-order chi connectivity index (χ0) is 18.1. The third-order valence-corrected chi connectivity index (χ3v) is 4.85. The van der Waals surface area contributed by atoms with Crippen molar-refractivity contribution in [2.75, 3.05) is 13.6 Å². The van der Waals surface area contributed by atoms with Crippen LogP contribution >= 0.6 is 0 Å². The number of nitrogens with one attached hydrogen (secondary N) is 2. The molecule has 1 aromatic carbocycles. The number of hydrogen-bond acceptors (Lipinski definition) is 3. The van der Waals surface area contributed by atoms with Crippen molar-refractivity contribution < 1.29 is 14.0 Å². The van der Waals surface area contributed by atoms with Crippen molar-refractivity contribution in [3.05, 3.63) is 35.6 Å². The summed E-state index contributed by atoms with van der Waals surface area (Å²) in [7, 11) is 1.75.